The monoisotopic (exact) mass is 237 g/mol. The highest BCUT2D eigenvalue weighted by Gasteiger charge is 2.20. The van der Waals surface area contributed by atoms with Gasteiger partial charge in [-0.05, 0) is 12.5 Å². The van der Waals surface area contributed by atoms with Crippen molar-refractivity contribution in [2.75, 3.05) is 6.61 Å². The van der Waals surface area contributed by atoms with Gasteiger partial charge in [0.2, 0.25) is 0 Å². The quantitative estimate of drug-likeness (QED) is 0.354. The number of nitro groups is 1. The van der Waals surface area contributed by atoms with E-state index in [1.165, 1.54) is 6.07 Å². The molecule has 0 unspecified atom stereocenters. The van der Waals surface area contributed by atoms with E-state index in [9.17, 15) is 14.9 Å². The highest BCUT2D eigenvalue weighted by molar-refractivity contribution is 5.92. The number of carboxylic acid groups (broad SMARTS) is 1. The molecule has 17 heavy (non-hydrogen) atoms. The van der Waals surface area contributed by atoms with Crippen LogP contribution < -0.4 is 4.74 Å². The lowest BCUT2D eigenvalue weighted by Crippen LogP contribution is -2.04. The van der Waals surface area contributed by atoms with Crippen LogP contribution in [0.3, 0.4) is 0 Å². The fraction of sp³-hybridized carbons (Fsp3) is 0.182. The molecule has 1 N–H and O–H groups in total. The van der Waals surface area contributed by atoms with Crippen LogP contribution in [0.1, 0.15) is 16.8 Å². The third kappa shape index (κ3) is 3.30. The molecule has 0 bridgehead atoms. The minimum atomic E-state index is -1.36. The van der Waals surface area contributed by atoms with Crippen LogP contribution >= 0.6 is 0 Å². The number of nitro benzene ring substituents is 1. The predicted octanol–water partition coefficient (Wildman–Crippen LogP) is 2.25. The summed E-state index contributed by atoms with van der Waals surface area (Å²) in [4.78, 5) is 20.7. The van der Waals surface area contributed by atoms with Crippen LogP contribution in [0, 0.1) is 10.1 Å². The predicted molar refractivity (Wildman–Crippen MR) is 60.4 cm³/mol. The molecule has 0 fully saturated rings. The first-order valence-corrected chi connectivity index (χ1v) is 4.81. The smallest absolute Gasteiger partial charge is 0.342 e. The summed E-state index contributed by atoms with van der Waals surface area (Å²) in [6.45, 7) is 3.86. The van der Waals surface area contributed by atoms with Gasteiger partial charge in [0.15, 0.2) is 0 Å². The summed E-state index contributed by atoms with van der Waals surface area (Å²) in [6, 6.07) is 3.63. The molecule has 0 heterocycles. The highest BCUT2D eigenvalue weighted by Crippen LogP contribution is 2.24. The molecule has 0 radical (unpaired) electrons. The minimum Gasteiger partial charge on any atom is -0.493 e. The van der Waals surface area contributed by atoms with E-state index in [-0.39, 0.29) is 11.3 Å². The van der Waals surface area contributed by atoms with Crippen molar-refractivity contribution in [3.8, 4) is 5.75 Å². The molecule has 0 atom stereocenters. The number of nitrogens with zero attached hydrogens (tertiary/aromatic N) is 1. The van der Waals surface area contributed by atoms with Gasteiger partial charge in [-0.25, -0.2) is 4.79 Å². The molecule has 90 valence electrons. The Balaban J connectivity index is 2.97. The maximum atomic E-state index is 10.8. The summed E-state index contributed by atoms with van der Waals surface area (Å²) < 4.78 is 5.21. The van der Waals surface area contributed by atoms with Crippen molar-refractivity contribution in [2.24, 2.45) is 0 Å². The van der Waals surface area contributed by atoms with Gasteiger partial charge in [-0.3, -0.25) is 10.1 Å². The van der Waals surface area contributed by atoms with Gasteiger partial charge in [0, 0.05) is 12.1 Å². The van der Waals surface area contributed by atoms with Crippen LogP contribution in [0.5, 0.6) is 5.75 Å². The zero-order valence-corrected chi connectivity index (χ0v) is 8.96. The van der Waals surface area contributed by atoms with E-state index < -0.39 is 16.6 Å². The zero-order chi connectivity index (χ0) is 12.8. The average Bonchev–Trinajstić information content (AvgIpc) is 2.29. The molecular weight excluding hydrogens is 226 g/mol. The first-order valence-electron chi connectivity index (χ1n) is 4.81. The lowest BCUT2D eigenvalue weighted by atomic mass is 10.1. The lowest BCUT2D eigenvalue weighted by molar-refractivity contribution is -0.385. The summed E-state index contributed by atoms with van der Waals surface area (Å²) in [6.07, 6.45) is 2.27. The van der Waals surface area contributed by atoms with Crippen molar-refractivity contribution in [3.05, 3.63) is 46.5 Å². The SMILES string of the molecule is C=CCCOc1ccc([N+](=O)[O-])c(C(=O)O)c1. The fourth-order valence-electron chi connectivity index (χ4n) is 1.20. The largest absolute Gasteiger partial charge is 0.493 e. The van der Waals surface area contributed by atoms with E-state index in [4.69, 9.17) is 9.84 Å². The standard InChI is InChI=1S/C11H11NO5/c1-2-3-6-17-8-4-5-10(12(15)16)9(7-8)11(13)14/h2,4-5,7H,1,3,6H2,(H,13,14). The second-order valence-electron chi connectivity index (χ2n) is 3.17. The number of ether oxygens (including phenoxy) is 1. The Kier molecular flexibility index (Phi) is 4.21. The van der Waals surface area contributed by atoms with Crippen LogP contribution in [-0.2, 0) is 0 Å². The van der Waals surface area contributed by atoms with Crippen molar-refractivity contribution in [3.63, 3.8) is 0 Å². The van der Waals surface area contributed by atoms with Crippen LogP contribution in [0.2, 0.25) is 0 Å². The Morgan fingerprint density at radius 1 is 1.59 bits per heavy atom. The number of hydrogen-bond acceptors (Lipinski definition) is 4. The van der Waals surface area contributed by atoms with Gasteiger partial charge in [0.1, 0.15) is 11.3 Å². The van der Waals surface area contributed by atoms with Gasteiger partial charge >= 0.3 is 5.97 Å². The Bertz CT molecular complexity index is 455. The average molecular weight is 237 g/mol. The van der Waals surface area contributed by atoms with Crippen molar-refractivity contribution in [1.82, 2.24) is 0 Å². The highest BCUT2D eigenvalue weighted by atomic mass is 16.6. The van der Waals surface area contributed by atoms with E-state index in [2.05, 4.69) is 6.58 Å². The van der Waals surface area contributed by atoms with Crippen LogP contribution in [0.15, 0.2) is 30.9 Å². The van der Waals surface area contributed by atoms with Gasteiger partial charge < -0.3 is 9.84 Å². The lowest BCUT2D eigenvalue weighted by Gasteiger charge is -2.05. The molecular formula is C11H11NO5. The molecule has 6 heteroatoms. The van der Waals surface area contributed by atoms with Gasteiger partial charge in [0.05, 0.1) is 11.5 Å². The summed E-state index contributed by atoms with van der Waals surface area (Å²) in [5.74, 6) is -1.07. The van der Waals surface area contributed by atoms with E-state index in [1.54, 1.807) is 6.08 Å². The maximum absolute atomic E-state index is 10.8. The second kappa shape index (κ2) is 5.64. The third-order valence-electron chi connectivity index (χ3n) is 1.99. The summed E-state index contributed by atoms with van der Waals surface area (Å²) in [5, 5.41) is 19.4. The number of carbonyl (C=O) groups is 1. The first kappa shape index (κ1) is 12.7. The number of aromatic carboxylic acids is 1. The number of rotatable bonds is 6. The molecule has 1 rings (SSSR count). The summed E-state index contributed by atoms with van der Waals surface area (Å²) in [5.41, 5.74) is -0.834. The maximum Gasteiger partial charge on any atom is 0.342 e. The van der Waals surface area contributed by atoms with E-state index in [1.807, 2.05) is 0 Å². The Morgan fingerprint density at radius 3 is 2.82 bits per heavy atom. The molecule has 0 amide bonds. The van der Waals surface area contributed by atoms with Crippen LogP contribution in [-0.4, -0.2) is 22.6 Å². The molecule has 0 aromatic heterocycles. The molecule has 1 aromatic carbocycles. The topological polar surface area (TPSA) is 89.7 Å². The van der Waals surface area contributed by atoms with Crippen molar-refractivity contribution >= 4 is 11.7 Å². The van der Waals surface area contributed by atoms with Gasteiger partial charge in [-0.2, -0.15) is 0 Å². The molecule has 0 aliphatic carbocycles. The molecule has 0 aliphatic heterocycles. The first-order chi connectivity index (χ1) is 8.06. The zero-order valence-electron chi connectivity index (χ0n) is 8.96. The number of hydrogen-bond donors (Lipinski definition) is 1. The molecule has 0 aliphatic rings. The van der Waals surface area contributed by atoms with Gasteiger partial charge in [-0.15, -0.1) is 6.58 Å². The second-order valence-corrected chi connectivity index (χ2v) is 3.17. The summed E-state index contributed by atoms with van der Waals surface area (Å²) >= 11 is 0. The molecule has 0 saturated carbocycles. The molecule has 6 nitrogen and oxygen atoms in total. The van der Waals surface area contributed by atoms with E-state index in [0.29, 0.717) is 13.0 Å². The molecule has 0 spiro atoms. The van der Waals surface area contributed by atoms with Gasteiger partial charge in [0.25, 0.3) is 5.69 Å². The van der Waals surface area contributed by atoms with Crippen molar-refractivity contribution in [2.45, 2.75) is 6.42 Å². The molecule has 0 saturated heterocycles. The number of benzene rings is 1. The van der Waals surface area contributed by atoms with Gasteiger partial charge in [-0.1, -0.05) is 6.08 Å². The van der Waals surface area contributed by atoms with Crippen LogP contribution in [0.4, 0.5) is 5.69 Å². The fourth-order valence-corrected chi connectivity index (χ4v) is 1.20. The van der Waals surface area contributed by atoms with E-state index in [0.717, 1.165) is 12.1 Å². The van der Waals surface area contributed by atoms with E-state index >= 15 is 0 Å². The van der Waals surface area contributed by atoms with Crippen molar-refractivity contribution in [1.29, 1.82) is 0 Å². The third-order valence-corrected chi connectivity index (χ3v) is 1.99. The van der Waals surface area contributed by atoms with Crippen LogP contribution in [0.25, 0.3) is 0 Å². The Morgan fingerprint density at radius 2 is 2.29 bits per heavy atom. The summed E-state index contributed by atoms with van der Waals surface area (Å²) in [7, 11) is 0. The molecule has 1 aromatic rings. The Labute approximate surface area is 97.3 Å². The minimum absolute atomic E-state index is 0.287. The van der Waals surface area contributed by atoms with Crippen molar-refractivity contribution < 1.29 is 19.6 Å². The normalized spacial score (nSPS) is 9.65. The Hall–Kier alpha value is -2.37. The number of carboxylic acids is 1.